The van der Waals surface area contributed by atoms with Crippen molar-refractivity contribution in [1.29, 1.82) is 0 Å². The Balaban J connectivity index is 2.01. The first kappa shape index (κ1) is 13.5. The second-order valence-electron chi connectivity index (χ2n) is 4.93. The fraction of sp³-hybridized carbons (Fsp3) is 0.400. The highest BCUT2D eigenvalue weighted by atomic mass is 79.9. The molecule has 0 fully saturated rings. The molecule has 0 atom stereocenters. The van der Waals surface area contributed by atoms with Gasteiger partial charge in [-0.25, -0.2) is 0 Å². The van der Waals surface area contributed by atoms with E-state index < -0.39 is 0 Å². The predicted molar refractivity (Wildman–Crippen MR) is 80.9 cm³/mol. The molecule has 18 heavy (non-hydrogen) atoms. The molecule has 0 aliphatic carbocycles. The molecular weight excluding hydrogens is 288 g/mol. The molecule has 0 bridgehead atoms. The molecule has 2 aromatic rings. The Labute approximate surface area is 117 Å². The van der Waals surface area contributed by atoms with E-state index in [-0.39, 0.29) is 0 Å². The summed E-state index contributed by atoms with van der Waals surface area (Å²) in [6.45, 7) is 1.15. The van der Waals surface area contributed by atoms with E-state index in [9.17, 15) is 0 Å². The van der Waals surface area contributed by atoms with Gasteiger partial charge in [0.2, 0.25) is 0 Å². The molecule has 1 aromatic heterocycles. The molecule has 0 amide bonds. The second-order valence-corrected chi connectivity index (χ2v) is 5.84. The molecule has 0 saturated heterocycles. The number of aryl methyl sites for hydroxylation is 1. The molecule has 96 valence electrons. The number of pyridine rings is 1. The number of halogens is 1. The summed E-state index contributed by atoms with van der Waals surface area (Å²) in [5, 5.41) is 2.47. The Bertz CT molecular complexity index is 523. The zero-order chi connectivity index (χ0) is 13.0. The molecule has 1 aromatic carbocycles. The lowest BCUT2D eigenvalue weighted by Gasteiger charge is -2.08. The van der Waals surface area contributed by atoms with Gasteiger partial charge >= 0.3 is 0 Å². The molecule has 3 heteroatoms. The maximum Gasteiger partial charge on any atom is 0.0410 e. The highest BCUT2D eigenvalue weighted by molar-refractivity contribution is 9.10. The van der Waals surface area contributed by atoms with Gasteiger partial charge in [0.25, 0.3) is 0 Å². The Morgan fingerprint density at radius 2 is 1.94 bits per heavy atom. The molecule has 0 saturated carbocycles. The van der Waals surface area contributed by atoms with Crippen LogP contribution in [0.5, 0.6) is 0 Å². The number of fused-ring (bicyclic) bond motifs is 1. The first-order valence-electron chi connectivity index (χ1n) is 6.34. The van der Waals surface area contributed by atoms with Crippen LogP contribution >= 0.6 is 15.9 Å². The van der Waals surface area contributed by atoms with Crippen LogP contribution in [0, 0.1) is 0 Å². The van der Waals surface area contributed by atoms with Crippen molar-refractivity contribution in [2.45, 2.75) is 19.3 Å². The normalized spacial score (nSPS) is 11.3. The van der Waals surface area contributed by atoms with E-state index >= 15 is 0 Å². The standard InChI is InChI=1S/C15H19BrN2/c1-18(2)8-4-3-5-15-10-13-9-14(16)7-6-12(13)11-17-15/h6-7,9-11H,3-5,8H2,1-2H3. The van der Waals surface area contributed by atoms with Crippen LogP contribution in [0.1, 0.15) is 18.5 Å². The molecule has 0 aliphatic heterocycles. The molecule has 0 spiro atoms. The van der Waals surface area contributed by atoms with Crippen molar-refractivity contribution in [1.82, 2.24) is 9.88 Å². The lowest BCUT2D eigenvalue weighted by molar-refractivity contribution is 0.394. The average molecular weight is 307 g/mol. The van der Waals surface area contributed by atoms with E-state index in [1.807, 2.05) is 6.20 Å². The van der Waals surface area contributed by atoms with Crippen molar-refractivity contribution in [3.8, 4) is 0 Å². The lowest BCUT2D eigenvalue weighted by Crippen LogP contribution is -2.12. The topological polar surface area (TPSA) is 16.1 Å². The van der Waals surface area contributed by atoms with Crippen molar-refractivity contribution in [2.24, 2.45) is 0 Å². The van der Waals surface area contributed by atoms with Crippen LogP contribution in [0.15, 0.2) is 34.9 Å². The summed E-state index contributed by atoms with van der Waals surface area (Å²) >= 11 is 3.51. The molecule has 0 unspecified atom stereocenters. The summed E-state index contributed by atoms with van der Waals surface area (Å²) in [5.41, 5.74) is 1.19. The maximum atomic E-state index is 4.52. The fourth-order valence-electron chi connectivity index (χ4n) is 2.03. The number of benzene rings is 1. The summed E-state index contributed by atoms with van der Waals surface area (Å²) in [6.07, 6.45) is 5.47. The van der Waals surface area contributed by atoms with Crippen molar-refractivity contribution in [2.75, 3.05) is 20.6 Å². The molecule has 2 nitrogen and oxygen atoms in total. The van der Waals surface area contributed by atoms with E-state index in [1.165, 1.54) is 29.3 Å². The van der Waals surface area contributed by atoms with E-state index in [0.29, 0.717) is 0 Å². The third-order valence-electron chi connectivity index (χ3n) is 3.03. The summed E-state index contributed by atoms with van der Waals surface area (Å²) in [5.74, 6) is 0. The molecule has 2 rings (SSSR count). The quantitative estimate of drug-likeness (QED) is 0.779. The van der Waals surface area contributed by atoms with Gasteiger partial charge < -0.3 is 4.90 Å². The van der Waals surface area contributed by atoms with E-state index in [2.05, 4.69) is 64.2 Å². The van der Waals surface area contributed by atoms with Crippen molar-refractivity contribution in [3.63, 3.8) is 0 Å². The van der Waals surface area contributed by atoms with Gasteiger partial charge in [0.15, 0.2) is 0 Å². The number of hydrogen-bond acceptors (Lipinski definition) is 2. The largest absolute Gasteiger partial charge is 0.309 e. The van der Waals surface area contributed by atoms with Crippen LogP contribution in [0.3, 0.4) is 0 Å². The minimum atomic E-state index is 1.07. The van der Waals surface area contributed by atoms with Gasteiger partial charge in [-0.3, -0.25) is 4.98 Å². The van der Waals surface area contributed by atoms with Gasteiger partial charge in [-0.05, 0) is 63.5 Å². The Kier molecular flexibility index (Phi) is 4.72. The van der Waals surface area contributed by atoms with Gasteiger partial charge in [-0.1, -0.05) is 22.0 Å². The minimum Gasteiger partial charge on any atom is -0.309 e. The predicted octanol–water partition coefficient (Wildman–Crippen LogP) is 3.88. The van der Waals surface area contributed by atoms with Gasteiger partial charge in [-0.2, -0.15) is 0 Å². The van der Waals surface area contributed by atoms with Crippen molar-refractivity contribution in [3.05, 3.63) is 40.6 Å². The van der Waals surface area contributed by atoms with Crippen LogP contribution in [0.2, 0.25) is 0 Å². The molecule has 0 radical (unpaired) electrons. The highest BCUT2D eigenvalue weighted by Gasteiger charge is 2.00. The number of rotatable bonds is 5. The maximum absolute atomic E-state index is 4.52. The Morgan fingerprint density at radius 1 is 1.11 bits per heavy atom. The van der Waals surface area contributed by atoms with E-state index in [0.717, 1.165) is 17.4 Å². The number of hydrogen-bond donors (Lipinski definition) is 0. The SMILES string of the molecule is CN(C)CCCCc1cc2cc(Br)ccc2cn1. The Morgan fingerprint density at radius 3 is 2.72 bits per heavy atom. The van der Waals surface area contributed by atoms with Gasteiger partial charge in [0.05, 0.1) is 0 Å². The highest BCUT2D eigenvalue weighted by Crippen LogP contribution is 2.20. The Hall–Kier alpha value is -0.930. The minimum absolute atomic E-state index is 1.07. The summed E-state index contributed by atoms with van der Waals surface area (Å²) in [4.78, 5) is 6.75. The molecule has 0 N–H and O–H groups in total. The zero-order valence-electron chi connectivity index (χ0n) is 11.0. The number of aromatic nitrogens is 1. The third-order valence-corrected chi connectivity index (χ3v) is 3.52. The first-order chi connectivity index (χ1) is 8.65. The van der Waals surface area contributed by atoms with Crippen LogP contribution in [0.25, 0.3) is 10.8 Å². The van der Waals surface area contributed by atoms with Crippen LogP contribution in [0.4, 0.5) is 0 Å². The van der Waals surface area contributed by atoms with Gasteiger partial charge in [0, 0.05) is 21.7 Å². The summed E-state index contributed by atoms with van der Waals surface area (Å²) < 4.78 is 1.12. The summed E-state index contributed by atoms with van der Waals surface area (Å²) in [7, 11) is 4.23. The lowest BCUT2D eigenvalue weighted by atomic mass is 10.1. The van der Waals surface area contributed by atoms with Crippen molar-refractivity contribution >= 4 is 26.7 Å². The van der Waals surface area contributed by atoms with Crippen LogP contribution < -0.4 is 0 Å². The van der Waals surface area contributed by atoms with Crippen LogP contribution in [-0.2, 0) is 6.42 Å². The summed E-state index contributed by atoms with van der Waals surface area (Å²) in [6, 6.07) is 8.51. The molecular formula is C15H19BrN2. The fourth-order valence-corrected chi connectivity index (χ4v) is 2.41. The van der Waals surface area contributed by atoms with Gasteiger partial charge in [-0.15, -0.1) is 0 Å². The monoisotopic (exact) mass is 306 g/mol. The van der Waals surface area contributed by atoms with Gasteiger partial charge in [0.1, 0.15) is 0 Å². The average Bonchev–Trinajstić information content (AvgIpc) is 2.34. The van der Waals surface area contributed by atoms with E-state index in [1.54, 1.807) is 0 Å². The third kappa shape index (κ3) is 3.79. The van der Waals surface area contributed by atoms with Crippen LogP contribution in [-0.4, -0.2) is 30.5 Å². The van der Waals surface area contributed by atoms with Crippen molar-refractivity contribution < 1.29 is 0 Å². The second kappa shape index (κ2) is 6.30. The van der Waals surface area contributed by atoms with E-state index in [4.69, 9.17) is 0 Å². The zero-order valence-corrected chi connectivity index (χ0v) is 12.6. The smallest absolute Gasteiger partial charge is 0.0410 e. The molecule has 1 heterocycles. The number of unbranched alkanes of at least 4 members (excludes halogenated alkanes) is 1. The number of nitrogens with zero attached hydrogens (tertiary/aromatic N) is 2. The molecule has 0 aliphatic rings. The first-order valence-corrected chi connectivity index (χ1v) is 7.13.